The maximum absolute atomic E-state index is 12.4. The van der Waals surface area contributed by atoms with E-state index in [2.05, 4.69) is 4.98 Å². The Hall–Kier alpha value is -3.39. The van der Waals surface area contributed by atoms with Crippen molar-refractivity contribution in [2.24, 2.45) is 5.92 Å². The number of aromatic nitrogens is 1. The first-order valence-electron chi connectivity index (χ1n) is 8.57. The molecule has 2 aromatic heterocycles. The molecule has 0 aromatic carbocycles. The van der Waals surface area contributed by atoms with Crippen molar-refractivity contribution in [2.45, 2.75) is 25.7 Å². The number of carbonyl (C=O) groups is 2. The van der Waals surface area contributed by atoms with Crippen LogP contribution in [-0.2, 0) is 14.8 Å². The van der Waals surface area contributed by atoms with Gasteiger partial charge in [0.25, 0.3) is 10.0 Å². The number of furan rings is 1. The predicted molar refractivity (Wildman–Crippen MR) is 99.9 cm³/mol. The number of anilines is 1. The van der Waals surface area contributed by atoms with E-state index in [1.54, 1.807) is 11.8 Å². The van der Waals surface area contributed by atoms with Crippen LogP contribution < -0.4 is 9.62 Å². The van der Waals surface area contributed by atoms with Crippen LogP contribution in [0, 0.1) is 38.0 Å². The van der Waals surface area contributed by atoms with Gasteiger partial charge in [0.15, 0.2) is 0 Å². The molecule has 0 saturated carbocycles. The fourth-order valence-electron chi connectivity index (χ4n) is 3.09. The Morgan fingerprint density at radius 2 is 1.97 bits per heavy atom. The maximum atomic E-state index is 12.4. The van der Waals surface area contributed by atoms with Gasteiger partial charge in [-0.25, -0.2) is 22.9 Å². The molecule has 10 nitrogen and oxygen atoms in total. The lowest BCUT2D eigenvalue weighted by atomic mass is 9.98. The number of carbonyl (C=O) groups excluding carboxylic acids is 1. The molecule has 1 saturated heterocycles. The number of nitrogens with one attached hydrogen (secondary N) is 1. The van der Waals surface area contributed by atoms with E-state index in [9.17, 15) is 23.3 Å². The Bertz CT molecular complexity index is 1160. The molecule has 29 heavy (non-hydrogen) atoms. The lowest BCUT2D eigenvalue weighted by Crippen LogP contribution is -2.55. The van der Waals surface area contributed by atoms with E-state index in [0.717, 1.165) is 0 Å². The standard InChI is InChI=1S/C18H18N4O6S/c1-9-4-15(11(3)28-9)29(26,27)21-17(23)13-7-22(8-13)16-12(6-19)5-14(18(24)25)10(2)20-16/h4-5,13H,7-8H2,1-3H3,(H,21,23)(H,24,25). The average Bonchev–Trinajstić information content (AvgIpc) is 2.92. The zero-order valence-corrected chi connectivity index (χ0v) is 16.7. The smallest absolute Gasteiger partial charge is 0.337 e. The first-order valence-corrected chi connectivity index (χ1v) is 10.1. The predicted octanol–water partition coefficient (Wildman–Crippen LogP) is 1.11. The highest BCUT2D eigenvalue weighted by Gasteiger charge is 2.37. The first-order chi connectivity index (χ1) is 13.5. The normalized spacial score (nSPS) is 14.2. The summed E-state index contributed by atoms with van der Waals surface area (Å²) < 4.78 is 32.1. The van der Waals surface area contributed by atoms with Crippen LogP contribution in [0.3, 0.4) is 0 Å². The van der Waals surface area contributed by atoms with Crippen LogP contribution in [0.2, 0.25) is 0 Å². The number of amides is 1. The first kappa shape index (κ1) is 20.3. The van der Waals surface area contributed by atoms with Crippen molar-refractivity contribution in [3.8, 4) is 6.07 Å². The fourth-order valence-corrected chi connectivity index (χ4v) is 4.38. The number of rotatable bonds is 5. The summed E-state index contributed by atoms with van der Waals surface area (Å²) in [6.07, 6.45) is 0. The van der Waals surface area contributed by atoms with Crippen LogP contribution in [0.4, 0.5) is 5.82 Å². The largest absolute Gasteiger partial charge is 0.478 e. The van der Waals surface area contributed by atoms with Gasteiger partial charge >= 0.3 is 5.97 Å². The summed E-state index contributed by atoms with van der Waals surface area (Å²) in [5, 5.41) is 18.4. The molecule has 0 bridgehead atoms. The molecule has 1 fully saturated rings. The van der Waals surface area contributed by atoms with Crippen LogP contribution >= 0.6 is 0 Å². The van der Waals surface area contributed by atoms with Crippen molar-refractivity contribution in [3.05, 3.63) is 40.5 Å². The third kappa shape index (κ3) is 3.79. The summed E-state index contributed by atoms with van der Waals surface area (Å²) in [5.41, 5.74) is 0.244. The molecule has 0 spiro atoms. The number of nitrogens with zero attached hydrogens (tertiary/aromatic N) is 3. The molecule has 1 aliphatic rings. The van der Waals surface area contributed by atoms with Gasteiger partial charge in [-0.05, 0) is 26.8 Å². The summed E-state index contributed by atoms with van der Waals surface area (Å²) in [4.78, 5) is 29.3. The molecule has 3 rings (SSSR count). The van der Waals surface area contributed by atoms with Gasteiger partial charge in [-0.2, -0.15) is 5.26 Å². The molecule has 152 valence electrons. The van der Waals surface area contributed by atoms with Gasteiger partial charge in [0, 0.05) is 19.2 Å². The molecular weight excluding hydrogens is 400 g/mol. The third-order valence-corrected chi connectivity index (χ3v) is 6.07. The topological polar surface area (TPSA) is 154 Å². The minimum atomic E-state index is -4.05. The van der Waals surface area contributed by atoms with Crippen molar-refractivity contribution in [1.29, 1.82) is 5.26 Å². The summed E-state index contributed by atoms with van der Waals surface area (Å²) in [5.74, 6) is -1.60. The number of nitriles is 1. The van der Waals surface area contributed by atoms with E-state index < -0.39 is 27.8 Å². The number of hydrogen-bond acceptors (Lipinski definition) is 8. The molecule has 1 aliphatic heterocycles. The second-order valence-electron chi connectivity index (χ2n) is 6.76. The second kappa shape index (κ2) is 7.21. The number of aryl methyl sites for hydroxylation is 3. The molecule has 0 radical (unpaired) electrons. The van der Waals surface area contributed by atoms with Crippen LogP contribution in [0.5, 0.6) is 0 Å². The lowest BCUT2D eigenvalue weighted by Gasteiger charge is -2.39. The molecule has 0 unspecified atom stereocenters. The molecule has 0 atom stereocenters. The van der Waals surface area contributed by atoms with Crippen LogP contribution in [-0.4, -0.2) is 43.5 Å². The molecule has 0 aliphatic carbocycles. The Balaban J connectivity index is 1.72. The quantitative estimate of drug-likeness (QED) is 0.726. The maximum Gasteiger partial charge on any atom is 0.337 e. The van der Waals surface area contributed by atoms with Gasteiger partial charge in [0.1, 0.15) is 28.3 Å². The molecule has 11 heteroatoms. The van der Waals surface area contributed by atoms with E-state index in [-0.39, 0.29) is 46.4 Å². The van der Waals surface area contributed by atoms with E-state index in [1.807, 2.05) is 10.8 Å². The summed E-state index contributed by atoms with van der Waals surface area (Å²) in [6, 6.07) is 4.48. The highest BCUT2D eigenvalue weighted by molar-refractivity contribution is 7.90. The minimum absolute atomic E-state index is 0.0722. The summed E-state index contributed by atoms with van der Waals surface area (Å²) in [6.45, 7) is 4.92. The Labute approximate surface area is 166 Å². The van der Waals surface area contributed by atoms with E-state index >= 15 is 0 Å². The van der Waals surface area contributed by atoms with Crippen molar-refractivity contribution < 1.29 is 27.5 Å². The minimum Gasteiger partial charge on any atom is -0.478 e. The SMILES string of the molecule is Cc1cc(S(=O)(=O)NC(=O)C2CN(c3nc(C)c(C(=O)O)cc3C#N)C2)c(C)o1. The number of pyridine rings is 1. The van der Waals surface area contributed by atoms with Gasteiger partial charge in [-0.3, -0.25) is 4.79 Å². The third-order valence-electron chi connectivity index (χ3n) is 4.62. The Morgan fingerprint density at radius 1 is 1.31 bits per heavy atom. The van der Waals surface area contributed by atoms with Crippen LogP contribution in [0.1, 0.15) is 33.1 Å². The van der Waals surface area contributed by atoms with Crippen molar-refractivity contribution >= 4 is 27.7 Å². The molecule has 2 N–H and O–H groups in total. The monoisotopic (exact) mass is 418 g/mol. The Kier molecular flexibility index (Phi) is 5.06. The van der Waals surface area contributed by atoms with Crippen molar-refractivity contribution in [2.75, 3.05) is 18.0 Å². The highest BCUT2D eigenvalue weighted by Crippen LogP contribution is 2.28. The van der Waals surface area contributed by atoms with E-state index in [4.69, 9.17) is 9.52 Å². The van der Waals surface area contributed by atoms with E-state index in [0.29, 0.717) is 5.76 Å². The molecule has 1 amide bonds. The van der Waals surface area contributed by atoms with Gasteiger partial charge in [-0.15, -0.1) is 0 Å². The lowest BCUT2D eigenvalue weighted by molar-refractivity contribution is -0.123. The molecule has 2 aromatic rings. The second-order valence-corrected chi connectivity index (χ2v) is 8.41. The van der Waals surface area contributed by atoms with E-state index in [1.165, 1.54) is 26.0 Å². The van der Waals surface area contributed by atoms with Crippen LogP contribution in [0.15, 0.2) is 21.4 Å². The van der Waals surface area contributed by atoms with Gasteiger partial charge in [0.2, 0.25) is 5.91 Å². The number of sulfonamides is 1. The molecule has 3 heterocycles. The number of hydrogen-bond donors (Lipinski definition) is 2. The number of aromatic carboxylic acids is 1. The fraction of sp³-hybridized carbons (Fsp3) is 0.333. The van der Waals surface area contributed by atoms with Crippen molar-refractivity contribution in [1.82, 2.24) is 9.71 Å². The van der Waals surface area contributed by atoms with Gasteiger partial charge < -0.3 is 14.4 Å². The average molecular weight is 418 g/mol. The molecular formula is C18H18N4O6S. The number of carboxylic acid groups (broad SMARTS) is 1. The summed E-state index contributed by atoms with van der Waals surface area (Å²) in [7, 11) is -4.05. The Morgan fingerprint density at radius 3 is 2.48 bits per heavy atom. The number of carboxylic acids is 1. The zero-order chi connectivity index (χ0) is 21.5. The van der Waals surface area contributed by atoms with Gasteiger partial charge in [0.05, 0.1) is 22.7 Å². The highest BCUT2D eigenvalue weighted by atomic mass is 32.2. The zero-order valence-electron chi connectivity index (χ0n) is 15.9. The van der Waals surface area contributed by atoms with Gasteiger partial charge in [-0.1, -0.05) is 0 Å². The van der Waals surface area contributed by atoms with Crippen LogP contribution in [0.25, 0.3) is 0 Å². The van der Waals surface area contributed by atoms with Crippen molar-refractivity contribution in [3.63, 3.8) is 0 Å². The summed E-state index contributed by atoms with van der Waals surface area (Å²) >= 11 is 0.